The Hall–Kier alpha value is -1.80. The molecule has 3 N–H and O–H groups in total. The van der Waals surface area contributed by atoms with Crippen LogP contribution in [-0.4, -0.2) is 36.7 Å². The van der Waals surface area contributed by atoms with E-state index in [4.69, 9.17) is 11.6 Å². The zero-order chi connectivity index (χ0) is 18.8. The molecule has 1 atom stereocenters. The third kappa shape index (κ3) is 4.07. The number of amides is 1. The van der Waals surface area contributed by atoms with Crippen molar-refractivity contribution in [1.29, 1.82) is 0 Å². The minimum Gasteiger partial charge on any atom is -0.504 e. The number of aliphatic imine (C=N–C) groups is 1. The Kier molecular flexibility index (Phi) is 5.95. The molecule has 0 fully saturated rings. The highest BCUT2D eigenvalue weighted by molar-refractivity contribution is 7.92. The van der Waals surface area contributed by atoms with Gasteiger partial charge in [-0.05, 0) is 32.4 Å². The number of guanidine groups is 1. The summed E-state index contributed by atoms with van der Waals surface area (Å²) in [6.45, 7) is 5.04. The van der Waals surface area contributed by atoms with Gasteiger partial charge in [0, 0.05) is 0 Å². The van der Waals surface area contributed by atoms with Gasteiger partial charge in [-0.3, -0.25) is 10.1 Å². The number of aromatic hydroxyl groups is 1. The number of phenolic OH excluding ortho intramolecular Hbond substituents is 1. The highest BCUT2D eigenvalue weighted by atomic mass is 35.5. The number of carbonyl (C=O) groups excluding carboxylic acids is 1. The van der Waals surface area contributed by atoms with Crippen LogP contribution in [0.5, 0.6) is 5.75 Å². The highest BCUT2D eigenvalue weighted by Gasteiger charge is 2.30. The number of unbranched alkanes of at least 4 members (excludes halogenated alkanes) is 1. The van der Waals surface area contributed by atoms with E-state index in [2.05, 4.69) is 15.6 Å². The molecule has 9 heteroatoms. The smallest absolute Gasteiger partial charge is 0.251 e. The van der Waals surface area contributed by atoms with Crippen LogP contribution in [0.2, 0.25) is 5.02 Å². The molecule has 138 valence electrons. The van der Waals surface area contributed by atoms with Crippen LogP contribution in [-0.2, 0) is 14.6 Å². The lowest BCUT2D eigenvalue weighted by Crippen LogP contribution is -2.32. The summed E-state index contributed by atoms with van der Waals surface area (Å²) in [6, 6.07) is 2.34. The molecule has 0 saturated carbocycles. The molecule has 7 nitrogen and oxygen atoms in total. The topological polar surface area (TPSA) is 108 Å². The number of nitrogens with zero attached hydrogens (tertiary/aromatic N) is 1. The Balaban J connectivity index is 2.32. The van der Waals surface area contributed by atoms with Crippen LogP contribution in [0.4, 0.5) is 5.69 Å². The average molecular weight is 388 g/mol. The highest BCUT2D eigenvalue weighted by Crippen LogP contribution is 2.38. The van der Waals surface area contributed by atoms with Gasteiger partial charge in [0.2, 0.25) is 5.96 Å². The fourth-order valence-electron chi connectivity index (χ4n) is 2.38. The molecule has 0 spiro atoms. The summed E-state index contributed by atoms with van der Waals surface area (Å²) in [5.41, 5.74) is 0.110. The number of sulfone groups is 1. The van der Waals surface area contributed by atoms with Crippen LogP contribution in [0.15, 0.2) is 22.0 Å². The van der Waals surface area contributed by atoms with E-state index in [1.165, 1.54) is 26.0 Å². The number of nitrogens with one attached hydrogen (secondary N) is 2. The van der Waals surface area contributed by atoms with Gasteiger partial charge in [-0.25, -0.2) is 13.4 Å². The molecule has 1 aliphatic heterocycles. The minimum atomic E-state index is -3.78. The minimum absolute atomic E-state index is 0.0602. The first-order chi connectivity index (χ1) is 11.7. The van der Waals surface area contributed by atoms with Crippen molar-refractivity contribution in [2.75, 3.05) is 5.32 Å². The Morgan fingerprint density at radius 2 is 2.08 bits per heavy atom. The maximum atomic E-state index is 12.4. The zero-order valence-electron chi connectivity index (χ0n) is 14.3. The van der Waals surface area contributed by atoms with Crippen LogP contribution in [0.1, 0.15) is 40.0 Å². The maximum Gasteiger partial charge on any atom is 0.251 e. The van der Waals surface area contributed by atoms with Crippen LogP contribution in [0, 0.1) is 0 Å². The molecule has 0 aromatic heterocycles. The standard InChI is InChI=1S/C16H22ClN3O4S/c1-4-5-6-12-15(22)20-16(19-12)18-11-8-7-10(17)14(13(11)21)25(23,24)9(2)3/h7-9,12,21H,4-6H2,1-3H3,(H2,18,19,20,22). The van der Waals surface area contributed by atoms with Gasteiger partial charge < -0.3 is 10.4 Å². The second-order valence-electron chi connectivity index (χ2n) is 6.12. The number of phenols is 1. The van der Waals surface area contributed by atoms with Crippen LogP contribution in [0.3, 0.4) is 0 Å². The summed E-state index contributed by atoms with van der Waals surface area (Å²) in [4.78, 5) is 15.8. The largest absolute Gasteiger partial charge is 0.504 e. The molecule has 1 aromatic rings. The molecule has 1 aliphatic rings. The second kappa shape index (κ2) is 7.61. The van der Waals surface area contributed by atoms with Crippen LogP contribution in [0.25, 0.3) is 0 Å². The van der Waals surface area contributed by atoms with Gasteiger partial charge >= 0.3 is 0 Å². The Morgan fingerprint density at radius 3 is 2.68 bits per heavy atom. The third-order valence-electron chi connectivity index (χ3n) is 3.90. The predicted octanol–water partition coefficient (Wildman–Crippen LogP) is 2.68. The predicted molar refractivity (Wildman–Crippen MR) is 98.0 cm³/mol. The fourth-order valence-corrected chi connectivity index (χ4v) is 4.05. The van der Waals surface area contributed by atoms with Crippen molar-refractivity contribution in [3.05, 3.63) is 17.2 Å². The first-order valence-electron chi connectivity index (χ1n) is 8.09. The molecule has 0 aliphatic carbocycles. The molecule has 0 saturated heterocycles. The summed E-state index contributed by atoms with van der Waals surface area (Å²) in [6.07, 6.45) is 2.46. The third-order valence-corrected chi connectivity index (χ3v) is 6.55. The normalized spacial score (nSPS) is 17.6. The Morgan fingerprint density at radius 1 is 1.40 bits per heavy atom. The van der Waals surface area contributed by atoms with Gasteiger partial charge in [-0.2, -0.15) is 0 Å². The number of anilines is 1. The van der Waals surface area contributed by atoms with Crippen molar-refractivity contribution >= 4 is 39.0 Å². The monoisotopic (exact) mass is 387 g/mol. The van der Waals surface area contributed by atoms with Crippen molar-refractivity contribution < 1.29 is 18.3 Å². The molecule has 1 aromatic carbocycles. The van der Waals surface area contributed by atoms with Crippen LogP contribution < -0.4 is 10.6 Å². The molecule has 25 heavy (non-hydrogen) atoms. The molecule has 1 unspecified atom stereocenters. The van der Waals surface area contributed by atoms with Gasteiger partial charge in [-0.15, -0.1) is 0 Å². The van der Waals surface area contributed by atoms with Crippen molar-refractivity contribution in [3.8, 4) is 5.75 Å². The average Bonchev–Trinajstić information content (AvgIpc) is 2.87. The van der Waals surface area contributed by atoms with E-state index >= 15 is 0 Å². The summed E-state index contributed by atoms with van der Waals surface area (Å²) < 4.78 is 24.8. The van der Waals surface area contributed by atoms with Crippen molar-refractivity contribution in [2.45, 2.75) is 56.2 Å². The van der Waals surface area contributed by atoms with Gasteiger partial charge in [0.15, 0.2) is 15.6 Å². The van der Waals surface area contributed by atoms with E-state index in [1.807, 2.05) is 6.92 Å². The Labute approximate surface area is 152 Å². The van der Waals surface area contributed by atoms with E-state index < -0.39 is 26.9 Å². The van der Waals surface area contributed by atoms with E-state index in [0.29, 0.717) is 6.42 Å². The molecular weight excluding hydrogens is 366 g/mol. The molecular formula is C16H22ClN3O4S. The molecule has 1 amide bonds. The van der Waals surface area contributed by atoms with Gasteiger partial charge in [0.25, 0.3) is 5.91 Å². The summed E-state index contributed by atoms with van der Waals surface area (Å²) in [5.74, 6) is -0.536. The Bertz CT molecular complexity index is 806. The summed E-state index contributed by atoms with van der Waals surface area (Å²) >= 11 is 5.98. The van der Waals surface area contributed by atoms with E-state index in [-0.39, 0.29) is 27.5 Å². The quantitative estimate of drug-likeness (QED) is 0.650. The number of rotatable bonds is 6. The number of hydrogen-bond acceptors (Lipinski definition) is 6. The van der Waals surface area contributed by atoms with Crippen molar-refractivity contribution in [1.82, 2.24) is 5.32 Å². The summed E-state index contributed by atoms with van der Waals surface area (Å²) in [7, 11) is -3.78. The fraction of sp³-hybridized carbons (Fsp3) is 0.500. The number of halogens is 1. The molecule has 0 radical (unpaired) electrons. The van der Waals surface area contributed by atoms with E-state index in [9.17, 15) is 18.3 Å². The van der Waals surface area contributed by atoms with E-state index in [1.54, 1.807) is 0 Å². The van der Waals surface area contributed by atoms with Crippen molar-refractivity contribution in [2.24, 2.45) is 4.99 Å². The number of benzene rings is 1. The lowest BCUT2D eigenvalue weighted by atomic mass is 10.1. The van der Waals surface area contributed by atoms with Crippen LogP contribution >= 0.6 is 11.6 Å². The SMILES string of the molecule is CCCCC1N=C(Nc2ccc(Cl)c(S(=O)(=O)C(C)C)c2O)NC1=O. The first kappa shape index (κ1) is 19.5. The molecule has 2 rings (SSSR count). The first-order valence-corrected chi connectivity index (χ1v) is 10.0. The lowest BCUT2D eigenvalue weighted by molar-refractivity contribution is -0.120. The van der Waals surface area contributed by atoms with Gasteiger partial charge in [-0.1, -0.05) is 31.4 Å². The van der Waals surface area contributed by atoms with Crippen molar-refractivity contribution in [3.63, 3.8) is 0 Å². The second-order valence-corrected chi connectivity index (χ2v) is 8.96. The number of carbonyl (C=O) groups is 1. The molecule has 1 heterocycles. The van der Waals surface area contributed by atoms with Gasteiger partial charge in [0.05, 0.1) is 16.0 Å². The summed E-state index contributed by atoms with van der Waals surface area (Å²) in [5, 5.41) is 15.0. The van der Waals surface area contributed by atoms with Gasteiger partial charge in [0.1, 0.15) is 10.9 Å². The molecule has 0 bridgehead atoms. The lowest BCUT2D eigenvalue weighted by Gasteiger charge is -2.15. The zero-order valence-corrected chi connectivity index (χ0v) is 15.9. The number of hydrogen-bond donors (Lipinski definition) is 3. The van der Waals surface area contributed by atoms with E-state index in [0.717, 1.165) is 12.8 Å². The maximum absolute atomic E-state index is 12.4.